The summed E-state index contributed by atoms with van der Waals surface area (Å²) in [7, 11) is 1.73. The Labute approximate surface area is 188 Å². The van der Waals surface area contributed by atoms with Crippen molar-refractivity contribution in [3.63, 3.8) is 0 Å². The number of thiophene rings is 1. The lowest BCUT2D eigenvalue weighted by atomic mass is 9.73. The van der Waals surface area contributed by atoms with E-state index in [1.807, 2.05) is 6.07 Å². The molecule has 1 aliphatic rings. The second-order valence-electron chi connectivity index (χ2n) is 7.05. The molecule has 0 spiro atoms. The quantitative estimate of drug-likeness (QED) is 0.334. The van der Waals surface area contributed by atoms with E-state index in [1.165, 1.54) is 16.0 Å². The molecule has 1 aromatic carbocycles. The number of aliphatic imine (C=N–C) groups is 1. The van der Waals surface area contributed by atoms with E-state index in [9.17, 15) is 0 Å². The topological polar surface area (TPSA) is 68.9 Å². The van der Waals surface area contributed by atoms with E-state index < -0.39 is 0 Å². The largest absolute Gasteiger partial charge is 0.496 e. The molecule has 3 N–H and O–H groups in total. The number of halogens is 1. The first kappa shape index (κ1) is 23.0. The third-order valence-electron chi connectivity index (χ3n) is 5.19. The van der Waals surface area contributed by atoms with Crippen molar-refractivity contribution in [2.75, 3.05) is 33.4 Å². The number of nitrogens with zero attached hydrogens (tertiary/aromatic N) is 1. The van der Waals surface area contributed by atoms with E-state index in [2.05, 4.69) is 41.9 Å². The fraction of sp³-hybridized carbons (Fsp3) is 0.476. The summed E-state index contributed by atoms with van der Waals surface area (Å²) in [5.41, 5.74) is 8.48. The van der Waals surface area contributed by atoms with Crippen molar-refractivity contribution in [3.8, 4) is 5.75 Å². The van der Waals surface area contributed by atoms with Crippen LogP contribution in [0.1, 0.15) is 28.8 Å². The molecule has 0 unspecified atom stereocenters. The fourth-order valence-electron chi connectivity index (χ4n) is 3.57. The summed E-state index contributed by atoms with van der Waals surface area (Å²) in [5, 5.41) is 5.34. The summed E-state index contributed by atoms with van der Waals surface area (Å²) in [5.74, 6) is 1.42. The molecule has 1 fully saturated rings. The van der Waals surface area contributed by atoms with Gasteiger partial charge in [-0.1, -0.05) is 23.8 Å². The van der Waals surface area contributed by atoms with E-state index in [4.69, 9.17) is 20.2 Å². The summed E-state index contributed by atoms with van der Waals surface area (Å²) in [6, 6.07) is 10.6. The Kier molecular flexibility index (Phi) is 9.04. The number of hydrogen-bond donors (Lipinski definition) is 2. The molecule has 154 valence electrons. The van der Waals surface area contributed by atoms with Gasteiger partial charge in [-0.15, -0.1) is 35.3 Å². The van der Waals surface area contributed by atoms with E-state index in [1.54, 1.807) is 18.4 Å². The SMILES string of the molecule is COc1ccc(C)cc1C1(CN=C(N)NCCc2cccs2)CCOCC1.I. The number of hydrogen-bond acceptors (Lipinski definition) is 4. The monoisotopic (exact) mass is 515 g/mol. The van der Waals surface area contributed by atoms with Crippen LogP contribution >= 0.6 is 35.3 Å². The maximum absolute atomic E-state index is 6.15. The standard InChI is InChI=1S/C21H29N3O2S.HI/c1-16-5-6-19(25-2)18(14-16)21(8-11-26-12-9-21)15-24-20(22)23-10-7-17-4-3-13-27-17;/h3-6,13-14H,7-12,15H2,1-2H3,(H3,22,23,24);1H. The smallest absolute Gasteiger partial charge is 0.188 e. The Hall–Kier alpha value is -1.32. The van der Waals surface area contributed by atoms with E-state index in [0.29, 0.717) is 12.5 Å². The average molecular weight is 515 g/mol. The molecule has 1 aliphatic heterocycles. The Morgan fingerprint density at radius 3 is 2.79 bits per heavy atom. The van der Waals surface area contributed by atoms with Crippen molar-refractivity contribution in [1.29, 1.82) is 0 Å². The molecular formula is C21H30IN3O2S. The second kappa shape index (κ2) is 11.0. The first-order valence-corrected chi connectivity index (χ1v) is 10.3. The Bertz CT molecular complexity index is 759. The predicted octanol–water partition coefficient (Wildman–Crippen LogP) is 3.88. The molecule has 0 bridgehead atoms. The van der Waals surface area contributed by atoms with Crippen LogP contribution in [0.4, 0.5) is 0 Å². The maximum Gasteiger partial charge on any atom is 0.188 e. The van der Waals surface area contributed by atoms with E-state index in [-0.39, 0.29) is 29.4 Å². The van der Waals surface area contributed by atoms with E-state index >= 15 is 0 Å². The molecule has 2 aromatic rings. The van der Waals surface area contributed by atoms with Gasteiger partial charge in [-0.25, -0.2) is 0 Å². The zero-order valence-electron chi connectivity index (χ0n) is 16.6. The number of nitrogens with two attached hydrogens (primary N) is 1. The van der Waals surface area contributed by atoms with Crippen LogP contribution in [0.15, 0.2) is 40.7 Å². The van der Waals surface area contributed by atoms with Crippen LogP contribution < -0.4 is 15.8 Å². The van der Waals surface area contributed by atoms with Gasteiger partial charge in [0.25, 0.3) is 0 Å². The van der Waals surface area contributed by atoms with Crippen LogP contribution in [-0.4, -0.2) is 39.4 Å². The Balaban J connectivity index is 0.00000280. The van der Waals surface area contributed by atoms with Gasteiger partial charge in [-0.2, -0.15) is 0 Å². The molecule has 28 heavy (non-hydrogen) atoms. The first-order chi connectivity index (χ1) is 13.1. The van der Waals surface area contributed by atoms with Crippen LogP contribution in [0.3, 0.4) is 0 Å². The molecule has 0 saturated carbocycles. The zero-order chi connectivity index (χ0) is 19.1. The number of ether oxygens (including phenoxy) is 2. The van der Waals surface area contributed by atoms with Crippen molar-refractivity contribution in [1.82, 2.24) is 5.32 Å². The van der Waals surface area contributed by atoms with Gasteiger partial charge in [0.2, 0.25) is 0 Å². The molecule has 0 aliphatic carbocycles. The molecule has 0 radical (unpaired) electrons. The lowest BCUT2D eigenvalue weighted by Crippen LogP contribution is -2.40. The van der Waals surface area contributed by atoms with Gasteiger partial charge in [-0.3, -0.25) is 4.99 Å². The molecule has 1 saturated heterocycles. The van der Waals surface area contributed by atoms with Crippen molar-refractivity contribution < 1.29 is 9.47 Å². The highest BCUT2D eigenvalue weighted by Gasteiger charge is 2.37. The lowest BCUT2D eigenvalue weighted by molar-refractivity contribution is 0.0522. The fourth-order valence-corrected chi connectivity index (χ4v) is 4.28. The van der Waals surface area contributed by atoms with Crippen LogP contribution in [0.2, 0.25) is 0 Å². The van der Waals surface area contributed by atoms with Crippen molar-refractivity contribution in [3.05, 3.63) is 51.7 Å². The summed E-state index contributed by atoms with van der Waals surface area (Å²) >= 11 is 1.76. The Morgan fingerprint density at radius 2 is 2.11 bits per heavy atom. The number of guanidine groups is 1. The maximum atomic E-state index is 6.15. The van der Waals surface area contributed by atoms with Gasteiger partial charge >= 0.3 is 0 Å². The number of methoxy groups -OCH3 is 1. The van der Waals surface area contributed by atoms with Gasteiger partial charge < -0.3 is 20.5 Å². The van der Waals surface area contributed by atoms with Crippen LogP contribution in [0, 0.1) is 6.92 Å². The second-order valence-corrected chi connectivity index (χ2v) is 8.09. The minimum absolute atomic E-state index is 0. The molecule has 5 nitrogen and oxygen atoms in total. The summed E-state index contributed by atoms with van der Waals surface area (Å²) in [4.78, 5) is 6.04. The summed E-state index contributed by atoms with van der Waals surface area (Å²) < 4.78 is 11.3. The highest BCUT2D eigenvalue weighted by Crippen LogP contribution is 2.40. The highest BCUT2D eigenvalue weighted by molar-refractivity contribution is 14.0. The molecule has 2 heterocycles. The number of benzene rings is 1. The average Bonchev–Trinajstić information content (AvgIpc) is 3.20. The molecular weight excluding hydrogens is 485 g/mol. The van der Waals surface area contributed by atoms with E-state index in [0.717, 1.165) is 44.8 Å². The third-order valence-corrected chi connectivity index (χ3v) is 6.12. The molecule has 7 heteroatoms. The first-order valence-electron chi connectivity index (χ1n) is 9.42. The van der Waals surface area contributed by atoms with Gasteiger partial charge in [0.15, 0.2) is 5.96 Å². The van der Waals surface area contributed by atoms with Crippen molar-refractivity contribution in [2.45, 2.75) is 31.6 Å². The van der Waals surface area contributed by atoms with Crippen LogP contribution in [0.5, 0.6) is 5.75 Å². The van der Waals surface area contributed by atoms with Gasteiger partial charge in [0, 0.05) is 35.6 Å². The van der Waals surface area contributed by atoms with Gasteiger partial charge in [-0.05, 0) is 43.7 Å². The number of nitrogens with one attached hydrogen (secondary N) is 1. The minimum atomic E-state index is -0.102. The Morgan fingerprint density at radius 1 is 1.32 bits per heavy atom. The number of rotatable bonds is 7. The summed E-state index contributed by atoms with van der Waals surface area (Å²) in [6.45, 7) is 5.00. The zero-order valence-corrected chi connectivity index (χ0v) is 19.7. The molecule has 3 rings (SSSR count). The minimum Gasteiger partial charge on any atom is -0.496 e. The van der Waals surface area contributed by atoms with Crippen LogP contribution in [0.25, 0.3) is 0 Å². The summed E-state index contributed by atoms with van der Waals surface area (Å²) in [6.07, 6.45) is 2.79. The highest BCUT2D eigenvalue weighted by atomic mass is 127. The van der Waals surface area contributed by atoms with Crippen molar-refractivity contribution >= 4 is 41.3 Å². The molecule has 0 amide bonds. The van der Waals surface area contributed by atoms with Crippen LogP contribution in [-0.2, 0) is 16.6 Å². The van der Waals surface area contributed by atoms with Gasteiger partial charge in [0.1, 0.15) is 5.75 Å². The predicted molar refractivity (Wildman–Crippen MR) is 127 cm³/mol. The van der Waals surface area contributed by atoms with Crippen molar-refractivity contribution in [2.24, 2.45) is 10.7 Å². The third kappa shape index (κ3) is 5.84. The number of aryl methyl sites for hydroxylation is 1. The van der Waals surface area contributed by atoms with Gasteiger partial charge in [0.05, 0.1) is 13.7 Å². The molecule has 0 atom stereocenters. The molecule has 1 aromatic heterocycles. The normalized spacial score (nSPS) is 16.3. The lowest BCUT2D eigenvalue weighted by Gasteiger charge is -2.37.